The van der Waals surface area contributed by atoms with E-state index in [-0.39, 0.29) is 11.9 Å². The van der Waals surface area contributed by atoms with Crippen LogP contribution in [0.1, 0.15) is 18.5 Å². The van der Waals surface area contributed by atoms with E-state index in [1.807, 2.05) is 36.6 Å². The van der Waals surface area contributed by atoms with Crippen LogP contribution in [0.25, 0.3) is 0 Å². The fourth-order valence-corrected chi connectivity index (χ4v) is 2.78. The second kappa shape index (κ2) is 6.84. The van der Waals surface area contributed by atoms with Crippen LogP contribution in [0.4, 0.5) is 5.69 Å². The maximum Gasteiger partial charge on any atom is 0.238 e. The Morgan fingerprint density at radius 3 is 2.84 bits per heavy atom. The normalized spacial score (nSPS) is 12.1. The molecule has 1 aromatic carbocycles. The highest BCUT2D eigenvalue weighted by molar-refractivity contribution is 9.10. The highest BCUT2D eigenvalue weighted by atomic mass is 79.9. The number of rotatable bonds is 5. The van der Waals surface area contributed by atoms with Gasteiger partial charge in [0.05, 0.1) is 12.2 Å². The summed E-state index contributed by atoms with van der Waals surface area (Å²) in [5.74, 6) is -0.0472. The smallest absolute Gasteiger partial charge is 0.238 e. The van der Waals surface area contributed by atoms with Crippen LogP contribution in [0, 0.1) is 0 Å². The molecule has 19 heavy (non-hydrogen) atoms. The van der Waals surface area contributed by atoms with Gasteiger partial charge in [-0.15, -0.1) is 0 Å². The Labute approximate surface area is 125 Å². The molecule has 1 atom stereocenters. The molecule has 0 aliphatic heterocycles. The summed E-state index contributed by atoms with van der Waals surface area (Å²) in [5, 5.41) is 10.2. The zero-order valence-corrected chi connectivity index (χ0v) is 12.9. The third-order valence-corrected chi connectivity index (χ3v) is 4.15. The molecular weight excluding hydrogens is 324 g/mol. The summed E-state index contributed by atoms with van der Waals surface area (Å²) in [7, 11) is 0. The van der Waals surface area contributed by atoms with Crippen molar-refractivity contribution in [2.75, 3.05) is 11.9 Å². The van der Waals surface area contributed by atoms with E-state index in [2.05, 4.69) is 38.0 Å². The average molecular weight is 339 g/mol. The van der Waals surface area contributed by atoms with Crippen LogP contribution in [0.5, 0.6) is 0 Å². The molecule has 3 nitrogen and oxygen atoms in total. The van der Waals surface area contributed by atoms with Crippen molar-refractivity contribution in [3.63, 3.8) is 0 Å². The van der Waals surface area contributed by atoms with Crippen molar-refractivity contribution in [2.45, 2.75) is 13.0 Å². The summed E-state index contributed by atoms with van der Waals surface area (Å²) in [6.07, 6.45) is 0. The molecule has 1 unspecified atom stereocenters. The highest BCUT2D eigenvalue weighted by Gasteiger charge is 2.09. The second-order valence-corrected chi connectivity index (χ2v) is 5.82. The number of para-hydroxylation sites is 1. The third kappa shape index (κ3) is 4.16. The SMILES string of the molecule is CC(NCC(=O)Nc1ccccc1Br)c1ccsc1. The fourth-order valence-electron chi connectivity index (χ4n) is 1.64. The molecule has 0 saturated carbocycles. The van der Waals surface area contributed by atoms with E-state index in [1.54, 1.807) is 11.3 Å². The van der Waals surface area contributed by atoms with Gasteiger partial charge in [-0.05, 0) is 57.4 Å². The average Bonchev–Trinajstić information content (AvgIpc) is 2.93. The first-order valence-electron chi connectivity index (χ1n) is 5.96. The molecule has 2 rings (SSSR count). The number of benzene rings is 1. The van der Waals surface area contributed by atoms with Crippen LogP contribution < -0.4 is 10.6 Å². The first-order chi connectivity index (χ1) is 9.16. The molecule has 100 valence electrons. The van der Waals surface area contributed by atoms with Gasteiger partial charge >= 0.3 is 0 Å². The van der Waals surface area contributed by atoms with Gasteiger partial charge in [0, 0.05) is 10.5 Å². The van der Waals surface area contributed by atoms with Crippen LogP contribution in [-0.2, 0) is 4.79 Å². The minimum atomic E-state index is -0.0472. The van der Waals surface area contributed by atoms with E-state index < -0.39 is 0 Å². The van der Waals surface area contributed by atoms with Crippen LogP contribution in [-0.4, -0.2) is 12.5 Å². The molecule has 0 bridgehead atoms. The predicted octanol–water partition coefficient (Wildman–Crippen LogP) is 3.80. The van der Waals surface area contributed by atoms with Crippen LogP contribution in [0.3, 0.4) is 0 Å². The minimum absolute atomic E-state index is 0.0472. The Morgan fingerprint density at radius 1 is 1.37 bits per heavy atom. The van der Waals surface area contributed by atoms with Gasteiger partial charge in [0.25, 0.3) is 0 Å². The zero-order chi connectivity index (χ0) is 13.7. The molecule has 1 aromatic heterocycles. The van der Waals surface area contributed by atoms with Gasteiger partial charge in [0.2, 0.25) is 5.91 Å². The van der Waals surface area contributed by atoms with Crippen molar-refractivity contribution in [3.8, 4) is 0 Å². The molecule has 0 radical (unpaired) electrons. The first-order valence-corrected chi connectivity index (χ1v) is 7.70. The number of carbonyl (C=O) groups is 1. The number of hydrogen-bond donors (Lipinski definition) is 2. The van der Waals surface area contributed by atoms with Crippen LogP contribution in [0.15, 0.2) is 45.6 Å². The molecule has 5 heteroatoms. The predicted molar refractivity (Wildman–Crippen MR) is 83.5 cm³/mol. The van der Waals surface area contributed by atoms with Gasteiger partial charge in [0.15, 0.2) is 0 Å². The molecule has 0 fully saturated rings. The lowest BCUT2D eigenvalue weighted by atomic mass is 10.2. The van der Waals surface area contributed by atoms with Crippen molar-refractivity contribution < 1.29 is 4.79 Å². The van der Waals surface area contributed by atoms with Gasteiger partial charge in [-0.1, -0.05) is 12.1 Å². The summed E-state index contributed by atoms with van der Waals surface area (Å²) in [6.45, 7) is 2.34. The summed E-state index contributed by atoms with van der Waals surface area (Å²) in [4.78, 5) is 11.8. The topological polar surface area (TPSA) is 41.1 Å². The summed E-state index contributed by atoms with van der Waals surface area (Å²) in [6, 6.07) is 9.81. The third-order valence-electron chi connectivity index (χ3n) is 2.76. The number of nitrogens with one attached hydrogen (secondary N) is 2. The van der Waals surface area contributed by atoms with Gasteiger partial charge in [-0.2, -0.15) is 11.3 Å². The molecule has 0 aliphatic carbocycles. The molecule has 1 heterocycles. The summed E-state index contributed by atoms with van der Waals surface area (Å²) in [5.41, 5.74) is 2.00. The van der Waals surface area contributed by atoms with E-state index >= 15 is 0 Å². The van der Waals surface area contributed by atoms with Crippen LogP contribution >= 0.6 is 27.3 Å². The lowest BCUT2D eigenvalue weighted by molar-refractivity contribution is -0.115. The van der Waals surface area contributed by atoms with E-state index in [9.17, 15) is 4.79 Å². The van der Waals surface area contributed by atoms with Crippen LogP contribution in [0.2, 0.25) is 0 Å². The fraction of sp³-hybridized carbons (Fsp3) is 0.214. The van der Waals surface area contributed by atoms with E-state index in [0.717, 1.165) is 10.2 Å². The van der Waals surface area contributed by atoms with Crippen molar-refractivity contribution >= 4 is 38.9 Å². The summed E-state index contributed by atoms with van der Waals surface area (Å²) < 4.78 is 0.884. The molecular formula is C14H15BrN2OS. The highest BCUT2D eigenvalue weighted by Crippen LogP contribution is 2.21. The molecule has 0 saturated heterocycles. The van der Waals surface area contributed by atoms with Crippen molar-refractivity contribution in [3.05, 3.63) is 51.1 Å². The molecule has 2 aromatic rings. The Hall–Kier alpha value is -1.17. The first kappa shape index (κ1) is 14.2. The van der Waals surface area contributed by atoms with E-state index in [0.29, 0.717) is 6.54 Å². The summed E-state index contributed by atoms with van der Waals surface area (Å²) >= 11 is 5.06. The van der Waals surface area contributed by atoms with Gasteiger partial charge in [0.1, 0.15) is 0 Å². The molecule has 2 N–H and O–H groups in total. The van der Waals surface area contributed by atoms with Gasteiger partial charge < -0.3 is 10.6 Å². The lowest BCUT2D eigenvalue weighted by Gasteiger charge is -2.13. The quantitative estimate of drug-likeness (QED) is 0.870. The van der Waals surface area contributed by atoms with Crippen molar-refractivity contribution in [2.24, 2.45) is 0 Å². The number of halogens is 1. The maximum absolute atomic E-state index is 11.8. The maximum atomic E-state index is 11.8. The largest absolute Gasteiger partial charge is 0.324 e. The van der Waals surface area contributed by atoms with Gasteiger partial charge in [-0.3, -0.25) is 4.79 Å². The van der Waals surface area contributed by atoms with Crippen molar-refractivity contribution in [1.82, 2.24) is 5.32 Å². The Balaban J connectivity index is 1.84. The number of amides is 1. The standard InChI is InChI=1S/C14H15BrN2OS/c1-10(11-6-7-19-9-11)16-8-14(18)17-13-5-3-2-4-12(13)15/h2-7,9-10,16H,8H2,1H3,(H,17,18). The lowest BCUT2D eigenvalue weighted by Crippen LogP contribution is -2.30. The van der Waals surface area contributed by atoms with Gasteiger partial charge in [-0.25, -0.2) is 0 Å². The molecule has 0 aliphatic rings. The number of thiophene rings is 1. The van der Waals surface area contributed by atoms with E-state index in [4.69, 9.17) is 0 Å². The minimum Gasteiger partial charge on any atom is -0.324 e. The Morgan fingerprint density at radius 2 is 2.16 bits per heavy atom. The van der Waals surface area contributed by atoms with E-state index in [1.165, 1.54) is 5.56 Å². The zero-order valence-electron chi connectivity index (χ0n) is 10.5. The monoisotopic (exact) mass is 338 g/mol. The Bertz CT molecular complexity index is 542. The number of anilines is 1. The number of hydrogen-bond acceptors (Lipinski definition) is 3. The Kier molecular flexibility index (Phi) is 5.13. The second-order valence-electron chi connectivity index (χ2n) is 4.19. The van der Waals surface area contributed by atoms with Crippen molar-refractivity contribution in [1.29, 1.82) is 0 Å². The molecule has 1 amide bonds. The number of carbonyl (C=O) groups excluding carboxylic acids is 1. The molecule has 0 spiro atoms.